The molecule has 0 unspecified atom stereocenters. The summed E-state index contributed by atoms with van der Waals surface area (Å²) in [6.07, 6.45) is 4.92. The number of rotatable bonds is 8. The van der Waals surface area contributed by atoms with Gasteiger partial charge in [-0.25, -0.2) is 4.98 Å². The molecule has 0 aliphatic rings. The summed E-state index contributed by atoms with van der Waals surface area (Å²) in [4.78, 5) is 16.8. The van der Waals surface area contributed by atoms with Crippen LogP contribution >= 0.6 is 0 Å². The Morgan fingerprint density at radius 1 is 0.867 bits per heavy atom. The fourth-order valence-electron chi connectivity index (χ4n) is 3.50. The predicted octanol–water partition coefficient (Wildman–Crippen LogP) is 7.07. The molecular weight excluding hydrogens is 372 g/mol. The summed E-state index contributed by atoms with van der Waals surface area (Å²) in [6, 6.07) is 24.0. The number of nitrogens with zero attached hydrogens (tertiary/aromatic N) is 1. The van der Waals surface area contributed by atoms with Gasteiger partial charge in [0.25, 0.3) is 0 Å². The highest BCUT2D eigenvalue weighted by Crippen LogP contribution is 2.28. The second-order valence-electron chi connectivity index (χ2n) is 7.50. The van der Waals surface area contributed by atoms with E-state index in [0.717, 1.165) is 35.2 Å². The van der Waals surface area contributed by atoms with Crippen LogP contribution in [0.1, 0.15) is 39.0 Å². The molecule has 0 aliphatic heterocycles. The van der Waals surface area contributed by atoms with Crippen molar-refractivity contribution < 1.29 is 9.21 Å². The zero-order valence-corrected chi connectivity index (χ0v) is 17.2. The number of anilines is 1. The molecule has 0 aliphatic carbocycles. The standard InChI is InChI=1S/C26H26N2O2/c1-2-3-4-8-11-25(29)27-22-16-17-24-23(18-22)28-26(30-24)21-14-12-20(13-15-21)19-9-6-5-7-10-19/h5-7,9-10,12-18H,2-4,8,11H2,1H3,(H,27,29). The fourth-order valence-corrected chi connectivity index (χ4v) is 3.50. The topological polar surface area (TPSA) is 55.1 Å². The van der Waals surface area contributed by atoms with E-state index in [1.807, 2.05) is 48.5 Å². The lowest BCUT2D eigenvalue weighted by Crippen LogP contribution is -2.10. The molecule has 0 saturated carbocycles. The number of nitrogens with one attached hydrogen (secondary N) is 1. The van der Waals surface area contributed by atoms with E-state index in [-0.39, 0.29) is 5.91 Å². The summed E-state index contributed by atoms with van der Waals surface area (Å²) in [5.41, 5.74) is 5.45. The van der Waals surface area contributed by atoms with E-state index in [0.29, 0.717) is 17.9 Å². The number of unbranched alkanes of at least 4 members (excludes halogenated alkanes) is 3. The Bertz CT molecular complexity index is 1110. The van der Waals surface area contributed by atoms with Crippen LogP contribution in [0.2, 0.25) is 0 Å². The Hall–Kier alpha value is -3.40. The number of carbonyl (C=O) groups is 1. The number of hydrogen-bond acceptors (Lipinski definition) is 3. The van der Waals surface area contributed by atoms with Gasteiger partial charge >= 0.3 is 0 Å². The third-order valence-electron chi connectivity index (χ3n) is 5.17. The van der Waals surface area contributed by atoms with Crippen LogP contribution in [0, 0.1) is 0 Å². The van der Waals surface area contributed by atoms with Crippen LogP contribution in [0.5, 0.6) is 0 Å². The minimum absolute atomic E-state index is 0.0469. The first-order valence-electron chi connectivity index (χ1n) is 10.6. The lowest BCUT2D eigenvalue weighted by Gasteiger charge is -2.04. The largest absolute Gasteiger partial charge is 0.436 e. The maximum atomic E-state index is 12.1. The molecule has 1 N–H and O–H groups in total. The number of hydrogen-bond donors (Lipinski definition) is 1. The van der Waals surface area contributed by atoms with E-state index in [1.54, 1.807) is 0 Å². The van der Waals surface area contributed by atoms with Gasteiger partial charge in [0.15, 0.2) is 5.58 Å². The van der Waals surface area contributed by atoms with Gasteiger partial charge < -0.3 is 9.73 Å². The highest BCUT2D eigenvalue weighted by Gasteiger charge is 2.10. The van der Waals surface area contributed by atoms with Gasteiger partial charge in [-0.3, -0.25) is 4.79 Å². The summed E-state index contributed by atoms with van der Waals surface area (Å²) in [6.45, 7) is 2.17. The lowest BCUT2D eigenvalue weighted by atomic mass is 10.0. The number of carbonyl (C=O) groups excluding carboxylic acids is 1. The molecule has 30 heavy (non-hydrogen) atoms. The van der Waals surface area contributed by atoms with Crippen molar-refractivity contribution in [3.8, 4) is 22.6 Å². The molecule has 4 aromatic rings. The molecule has 4 rings (SSSR count). The molecule has 1 aromatic heterocycles. The summed E-state index contributed by atoms with van der Waals surface area (Å²) >= 11 is 0. The van der Waals surface area contributed by atoms with Crippen LogP contribution in [0.25, 0.3) is 33.7 Å². The lowest BCUT2D eigenvalue weighted by molar-refractivity contribution is -0.116. The first kappa shape index (κ1) is 19.9. The second-order valence-corrected chi connectivity index (χ2v) is 7.50. The summed E-state index contributed by atoms with van der Waals surface area (Å²) in [5, 5.41) is 2.97. The zero-order chi connectivity index (χ0) is 20.8. The van der Waals surface area contributed by atoms with Crippen LogP contribution in [-0.2, 0) is 4.79 Å². The number of aromatic nitrogens is 1. The fraction of sp³-hybridized carbons (Fsp3) is 0.231. The molecule has 3 aromatic carbocycles. The van der Waals surface area contributed by atoms with Gasteiger partial charge in [0.05, 0.1) is 0 Å². The summed E-state index contributed by atoms with van der Waals surface area (Å²) in [7, 11) is 0. The molecule has 1 amide bonds. The Morgan fingerprint density at radius 3 is 2.37 bits per heavy atom. The van der Waals surface area contributed by atoms with Crippen molar-refractivity contribution in [2.45, 2.75) is 39.0 Å². The van der Waals surface area contributed by atoms with Crippen LogP contribution in [-0.4, -0.2) is 10.9 Å². The number of amides is 1. The molecule has 1 heterocycles. The van der Waals surface area contributed by atoms with Crippen LogP contribution in [0.15, 0.2) is 77.2 Å². The van der Waals surface area contributed by atoms with Gasteiger partial charge in [0.2, 0.25) is 11.8 Å². The number of benzene rings is 3. The molecule has 0 spiro atoms. The van der Waals surface area contributed by atoms with Gasteiger partial charge in [-0.15, -0.1) is 0 Å². The van der Waals surface area contributed by atoms with Crippen LogP contribution in [0.4, 0.5) is 5.69 Å². The maximum absolute atomic E-state index is 12.1. The van der Waals surface area contributed by atoms with Crippen molar-refractivity contribution in [1.82, 2.24) is 4.98 Å². The van der Waals surface area contributed by atoms with E-state index >= 15 is 0 Å². The van der Waals surface area contributed by atoms with E-state index in [9.17, 15) is 4.79 Å². The molecule has 0 saturated heterocycles. The van der Waals surface area contributed by atoms with E-state index in [1.165, 1.54) is 18.4 Å². The van der Waals surface area contributed by atoms with Crippen molar-refractivity contribution in [2.24, 2.45) is 0 Å². The smallest absolute Gasteiger partial charge is 0.227 e. The molecular formula is C26H26N2O2. The SMILES string of the molecule is CCCCCCC(=O)Nc1ccc2oc(-c3ccc(-c4ccccc4)cc3)nc2c1. The number of fused-ring (bicyclic) bond motifs is 1. The summed E-state index contributed by atoms with van der Waals surface area (Å²) in [5.74, 6) is 0.623. The van der Waals surface area contributed by atoms with Crippen molar-refractivity contribution >= 4 is 22.7 Å². The molecule has 0 atom stereocenters. The molecule has 152 valence electrons. The molecule has 0 radical (unpaired) electrons. The number of oxazole rings is 1. The highest BCUT2D eigenvalue weighted by atomic mass is 16.3. The zero-order valence-electron chi connectivity index (χ0n) is 17.2. The van der Waals surface area contributed by atoms with Crippen molar-refractivity contribution in [3.63, 3.8) is 0 Å². The average Bonchev–Trinajstić information content (AvgIpc) is 3.21. The monoisotopic (exact) mass is 398 g/mol. The Kier molecular flexibility index (Phi) is 6.23. The third-order valence-corrected chi connectivity index (χ3v) is 5.17. The highest BCUT2D eigenvalue weighted by molar-refractivity contribution is 5.93. The average molecular weight is 399 g/mol. The van der Waals surface area contributed by atoms with Crippen molar-refractivity contribution in [1.29, 1.82) is 0 Å². The first-order valence-corrected chi connectivity index (χ1v) is 10.6. The van der Waals surface area contributed by atoms with Crippen molar-refractivity contribution in [2.75, 3.05) is 5.32 Å². The Labute approximate surface area is 177 Å². The normalized spacial score (nSPS) is 11.0. The van der Waals surface area contributed by atoms with Gasteiger partial charge in [-0.1, -0.05) is 68.7 Å². The second kappa shape index (κ2) is 9.40. The van der Waals surface area contributed by atoms with E-state index in [4.69, 9.17) is 4.42 Å². The molecule has 4 nitrogen and oxygen atoms in total. The molecule has 4 heteroatoms. The van der Waals surface area contributed by atoms with Crippen LogP contribution < -0.4 is 5.32 Å². The Morgan fingerprint density at radius 2 is 1.60 bits per heavy atom. The van der Waals surface area contributed by atoms with E-state index in [2.05, 4.69) is 41.5 Å². The maximum Gasteiger partial charge on any atom is 0.227 e. The first-order chi connectivity index (χ1) is 14.7. The predicted molar refractivity (Wildman–Crippen MR) is 122 cm³/mol. The molecule has 0 fully saturated rings. The van der Waals surface area contributed by atoms with Crippen molar-refractivity contribution in [3.05, 3.63) is 72.8 Å². The van der Waals surface area contributed by atoms with Crippen LogP contribution in [0.3, 0.4) is 0 Å². The van der Waals surface area contributed by atoms with Gasteiger partial charge in [-0.05, 0) is 47.9 Å². The van der Waals surface area contributed by atoms with Gasteiger partial charge in [0.1, 0.15) is 5.52 Å². The quantitative estimate of drug-likeness (QED) is 0.323. The summed E-state index contributed by atoms with van der Waals surface area (Å²) < 4.78 is 5.93. The van der Waals surface area contributed by atoms with E-state index < -0.39 is 0 Å². The van der Waals surface area contributed by atoms with Gasteiger partial charge in [0, 0.05) is 17.7 Å². The minimum Gasteiger partial charge on any atom is -0.436 e. The third kappa shape index (κ3) is 4.77. The molecule has 0 bridgehead atoms. The van der Waals surface area contributed by atoms with Gasteiger partial charge in [-0.2, -0.15) is 0 Å². The minimum atomic E-state index is 0.0469. The Balaban J connectivity index is 1.46.